The van der Waals surface area contributed by atoms with Crippen molar-refractivity contribution in [2.45, 2.75) is 25.9 Å². The third-order valence-electron chi connectivity index (χ3n) is 3.01. The number of aromatic nitrogens is 1. The van der Waals surface area contributed by atoms with E-state index in [0.29, 0.717) is 0 Å². The third kappa shape index (κ3) is 2.53. The molecule has 1 unspecified atom stereocenters. The molecule has 0 radical (unpaired) electrons. The molecule has 0 aromatic carbocycles. The van der Waals surface area contributed by atoms with Crippen LogP contribution in [0.2, 0.25) is 0 Å². The largest absolute Gasteiger partial charge is 0.317 e. The number of alkyl halides is 1. The molecule has 1 aromatic heterocycles. The highest BCUT2D eigenvalue weighted by atomic mass is 19.1. The van der Waals surface area contributed by atoms with Crippen molar-refractivity contribution < 1.29 is 4.39 Å². The molecule has 82 valence electrons. The van der Waals surface area contributed by atoms with Crippen LogP contribution in [-0.2, 0) is 0 Å². The topological polar surface area (TPSA) is 24.9 Å². The van der Waals surface area contributed by atoms with Crippen LogP contribution in [0.25, 0.3) is 0 Å². The number of hydrogen-bond donors (Lipinski definition) is 1. The molecule has 2 nitrogen and oxygen atoms in total. The minimum atomic E-state index is -0.848. The highest BCUT2D eigenvalue weighted by Gasteiger charge is 2.24. The molecule has 1 atom stereocenters. The van der Waals surface area contributed by atoms with Crippen LogP contribution >= 0.6 is 0 Å². The van der Waals surface area contributed by atoms with Gasteiger partial charge in [0.25, 0.3) is 0 Å². The fourth-order valence-corrected chi connectivity index (χ4v) is 2.14. The standard InChI is InChI=1S/C12H17FN2/c1-9-6-11(8-15-7-9)12(13)10-2-4-14-5-3-10/h6-8,10,12,14H,2-5H2,1H3. The van der Waals surface area contributed by atoms with Gasteiger partial charge in [-0.05, 0) is 44.3 Å². The molecular formula is C12H17FN2. The molecule has 2 heterocycles. The summed E-state index contributed by atoms with van der Waals surface area (Å²) in [6.07, 6.45) is 4.42. The summed E-state index contributed by atoms with van der Waals surface area (Å²) in [6.45, 7) is 3.82. The number of pyridine rings is 1. The highest BCUT2D eigenvalue weighted by molar-refractivity contribution is 5.19. The van der Waals surface area contributed by atoms with E-state index in [1.54, 1.807) is 12.4 Å². The Morgan fingerprint density at radius 1 is 1.40 bits per heavy atom. The van der Waals surface area contributed by atoms with Crippen molar-refractivity contribution in [3.05, 3.63) is 29.6 Å². The van der Waals surface area contributed by atoms with E-state index in [-0.39, 0.29) is 5.92 Å². The van der Waals surface area contributed by atoms with Gasteiger partial charge in [-0.1, -0.05) is 6.07 Å². The first-order chi connectivity index (χ1) is 7.27. The molecule has 0 saturated carbocycles. The van der Waals surface area contributed by atoms with Gasteiger partial charge in [0, 0.05) is 18.0 Å². The molecule has 0 aliphatic carbocycles. The molecule has 1 aromatic rings. The molecule has 1 saturated heterocycles. The number of aryl methyl sites for hydroxylation is 1. The van der Waals surface area contributed by atoms with E-state index in [2.05, 4.69) is 10.3 Å². The van der Waals surface area contributed by atoms with Gasteiger partial charge in [-0.3, -0.25) is 4.98 Å². The average molecular weight is 208 g/mol. The van der Waals surface area contributed by atoms with E-state index in [1.807, 2.05) is 13.0 Å². The SMILES string of the molecule is Cc1cncc(C(F)C2CCNCC2)c1. The summed E-state index contributed by atoms with van der Waals surface area (Å²) in [7, 11) is 0. The first kappa shape index (κ1) is 10.6. The van der Waals surface area contributed by atoms with Crippen LogP contribution in [0, 0.1) is 12.8 Å². The Kier molecular flexibility index (Phi) is 3.31. The lowest BCUT2D eigenvalue weighted by molar-refractivity contribution is 0.190. The van der Waals surface area contributed by atoms with Crippen LogP contribution < -0.4 is 5.32 Å². The van der Waals surface area contributed by atoms with Gasteiger partial charge in [0.15, 0.2) is 0 Å². The van der Waals surface area contributed by atoms with E-state index in [1.165, 1.54) is 0 Å². The quantitative estimate of drug-likeness (QED) is 0.807. The van der Waals surface area contributed by atoms with E-state index >= 15 is 0 Å². The van der Waals surface area contributed by atoms with Crippen LogP contribution in [-0.4, -0.2) is 18.1 Å². The van der Waals surface area contributed by atoms with Gasteiger partial charge < -0.3 is 5.32 Å². The second kappa shape index (κ2) is 4.71. The number of hydrogen-bond acceptors (Lipinski definition) is 2. The van der Waals surface area contributed by atoms with Gasteiger partial charge in [0.05, 0.1) is 0 Å². The second-order valence-electron chi connectivity index (χ2n) is 4.28. The second-order valence-corrected chi connectivity index (χ2v) is 4.28. The molecule has 3 heteroatoms. The van der Waals surface area contributed by atoms with Gasteiger partial charge in [-0.15, -0.1) is 0 Å². The molecule has 1 aliphatic heterocycles. The molecular weight excluding hydrogens is 191 g/mol. The van der Waals surface area contributed by atoms with Crippen molar-refractivity contribution in [1.29, 1.82) is 0 Å². The maximum Gasteiger partial charge on any atom is 0.130 e. The zero-order valence-electron chi connectivity index (χ0n) is 9.04. The monoisotopic (exact) mass is 208 g/mol. The summed E-state index contributed by atoms with van der Waals surface area (Å²) in [4.78, 5) is 4.04. The van der Waals surface area contributed by atoms with Gasteiger partial charge in [-0.2, -0.15) is 0 Å². The Morgan fingerprint density at radius 3 is 2.80 bits per heavy atom. The van der Waals surface area contributed by atoms with Gasteiger partial charge in [0.2, 0.25) is 0 Å². The van der Waals surface area contributed by atoms with E-state index in [4.69, 9.17) is 0 Å². The van der Waals surface area contributed by atoms with E-state index in [9.17, 15) is 4.39 Å². The van der Waals surface area contributed by atoms with Gasteiger partial charge in [-0.25, -0.2) is 4.39 Å². The van der Waals surface area contributed by atoms with Crippen LogP contribution in [0.3, 0.4) is 0 Å². The highest BCUT2D eigenvalue weighted by Crippen LogP contribution is 2.31. The fourth-order valence-electron chi connectivity index (χ4n) is 2.14. The van der Waals surface area contributed by atoms with Crippen molar-refractivity contribution in [1.82, 2.24) is 10.3 Å². The minimum absolute atomic E-state index is 0.162. The van der Waals surface area contributed by atoms with Crippen molar-refractivity contribution >= 4 is 0 Å². The maximum absolute atomic E-state index is 14.1. The third-order valence-corrected chi connectivity index (χ3v) is 3.01. The Morgan fingerprint density at radius 2 is 2.13 bits per heavy atom. The molecule has 1 N–H and O–H groups in total. The maximum atomic E-state index is 14.1. The smallest absolute Gasteiger partial charge is 0.130 e. The first-order valence-corrected chi connectivity index (χ1v) is 5.53. The molecule has 0 bridgehead atoms. The van der Waals surface area contributed by atoms with Crippen molar-refractivity contribution in [2.75, 3.05) is 13.1 Å². The number of nitrogens with zero attached hydrogens (tertiary/aromatic N) is 1. The Bertz CT molecular complexity index is 321. The first-order valence-electron chi connectivity index (χ1n) is 5.53. The summed E-state index contributed by atoms with van der Waals surface area (Å²) in [5.41, 5.74) is 1.77. The number of piperidine rings is 1. The number of rotatable bonds is 2. The predicted octanol–water partition coefficient (Wildman–Crippen LogP) is 2.40. The summed E-state index contributed by atoms with van der Waals surface area (Å²) in [6, 6.07) is 1.90. The van der Waals surface area contributed by atoms with Crippen LogP contribution in [0.1, 0.15) is 30.1 Å². The van der Waals surface area contributed by atoms with Crippen molar-refractivity contribution in [3.8, 4) is 0 Å². The normalized spacial score (nSPS) is 20.1. The molecule has 2 rings (SSSR count). The van der Waals surface area contributed by atoms with Gasteiger partial charge in [0.1, 0.15) is 6.17 Å². The molecule has 0 amide bonds. The zero-order valence-corrected chi connectivity index (χ0v) is 9.04. The number of halogens is 1. The van der Waals surface area contributed by atoms with Crippen molar-refractivity contribution in [3.63, 3.8) is 0 Å². The van der Waals surface area contributed by atoms with Crippen LogP contribution in [0.15, 0.2) is 18.5 Å². The Balaban J connectivity index is 2.08. The lowest BCUT2D eigenvalue weighted by Gasteiger charge is -2.25. The summed E-state index contributed by atoms with van der Waals surface area (Å²) < 4.78 is 14.1. The molecule has 15 heavy (non-hydrogen) atoms. The predicted molar refractivity (Wildman–Crippen MR) is 58.4 cm³/mol. The fraction of sp³-hybridized carbons (Fsp3) is 0.583. The summed E-state index contributed by atoms with van der Waals surface area (Å²) in [5.74, 6) is 0.162. The molecule has 1 fully saturated rings. The summed E-state index contributed by atoms with van der Waals surface area (Å²) in [5, 5.41) is 3.25. The van der Waals surface area contributed by atoms with E-state index < -0.39 is 6.17 Å². The lowest BCUT2D eigenvalue weighted by Crippen LogP contribution is -2.29. The summed E-state index contributed by atoms with van der Waals surface area (Å²) >= 11 is 0. The van der Waals surface area contributed by atoms with Crippen molar-refractivity contribution in [2.24, 2.45) is 5.92 Å². The van der Waals surface area contributed by atoms with Crippen LogP contribution in [0.5, 0.6) is 0 Å². The molecule has 1 aliphatic rings. The van der Waals surface area contributed by atoms with Crippen LogP contribution in [0.4, 0.5) is 4.39 Å². The average Bonchev–Trinajstić information content (AvgIpc) is 2.29. The van der Waals surface area contributed by atoms with Gasteiger partial charge >= 0.3 is 0 Å². The Labute approximate surface area is 89.9 Å². The minimum Gasteiger partial charge on any atom is -0.317 e. The molecule has 0 spiro atoms. The van der Waals surface area contributed by atoms with E-state index in [0.717, 1.165) is 37.1 Å². The lowest BCUT2D eigenvalue weighted by atomic mass is 9.89. The Hall–Kier alpha value is -0.960. The zero-order chi connectivity index (χ0) is 10.7. The number of nitrogens with one attached hydrogen (secondary N) is 1.